The van der Waals surface area contributed by atoms with E-state index in [9.17, 15) is 0 Å². The lowest BCUT2D eigenvalue weighted by atomic mass is 10.1. The fraction of sp³-hybridized carbons (Fsp3) is 0.389. The molecule has 1 aliphatic heterocycles. The average Bonchev–Trinajstić information content (AvgIpc) is 2.98. The SMILES string of the molecule is CCSc1ccc(C2CCCN2Cc2ccccc2)cn1. The fourth-order valence-electron chi connectivity index (χ4n) is 3.03. The zero-order valence-electron chi connectivity index (χ0n) is 12.5. The zero-order chi connectivity index (χ0) is 14.5. The van der Waals surface area contributed by atoms with Gasteiger partial charge in [-0.15, -0.1) is 11.8 Å². The number of aromatic nitrogens is 1. The van der Waals surface area contributed by atoms with Gasteiger partial charge in [0.25, 0.3) is 0 Å². The maximum atomic E-state index is 4.59. The van der Waals surface area contributed by atoms with E-state index in [2.05, 4.69) is 65.5 Å². The summed E-state index contributed by atoms with van der Waals surface area (Å²) in [6.45, 7) is 4.39. The Morgan fingerprint density at radius 1 is 1.19 bits per heavy atom. The Balaban J connectivity index is 1.71. The molecule has 2 nitrogen and oxygen atoms in total. The van der Waals surface area contributed by atoms with E-state index in [4.69, 9.17) is 0 Å². The Morgan fingerprint density at radius 3 is 2.76 bits per heavy atom. The van der Waals surface area contributed by atoms with Crippen LogP contribution in [-0.2, 0) is 6.54 Å². The van der Waals surface area contributed by atoms with Crippen molar-refractivity contribution in [1.29, 1.82) is 0 Å². The molecule has 110 valence electrons. The Labute approximate surface area is 131 Å². The maximum Gasteiger partial charge on any atom is 0.0959 e. The molecule has 0 aliphatic carbocycles. The van der Waals surface area contributed by atoms with Crippen molar-refractivity contribution in [3.63, 3.8) is 0 Å². The van der Waals surface area contributed by atoms with Crippen LogP contribution in [0, 0.1) is 0 Å². The second-order valence-electron chi connectivity index (χ2n) is 5.48. The number of thioether (sulfide) groups is 1. The molecule has 0 radical (unpaired) electrons. The first-order valence-corrected chi connectivity index (χ1v) is 8.72. The van der Waals surface area contributed by atoms with E-state index < -0.39 is 0 Å². The summed E-state index contributed by atoms with van der Waals surface area (Å²) in [5.74, 6) is 1.08. The van der Waals surface area contributed by atoms with E-state index >= 15 is 0 Å². The lowest BCUT2D eigenvalue weighted by Gasteiger charge is -2.24. The van der Waals surface area contributed by atoms with Crippen LogP contribution in [0.5, 0.6) is 0 Å². The predicted octanol–water partition coefficient (Wildman–Crippen LogP) is 4.53. The molecule has 1 aliphatic rings. The Hall–Kier alpha value is -1.32. The van der Waals surface area contributed by atoms with Crippen molar-refractivity contribution in [2.24, 2.45) is 0 Å². The standard InChI is InChI=1S/C18H22N2S/c1-2-21-18-11-10-16(13-19-18)17-9-6-12-20(17)14-15-7-4-3-5-8-15/h3-5,7-8,10-11,13,17H,2,6,9,12,14H2,1H3. The lowest BCUT2D eigenvalue weighted by Crippen LogP contribution is -2.22. The van der Waals surface area contributed by atoms with Gasteiger partial charge < -0.3 is 0 Å². The van der Waals surface area contributed by atoms with Gasteiger partial charge in [0, 0.05) is 18.8 Å². The van der Waals surface area contributed by atoms with Crippen molar-refractivity contribution in [3.8, 4) is 0 Å². The topological polar surface area (TPSA) is 16.1 Å². The second-order valence-corrected chi connectivity index (χ2v) is 6.76. The number of likely N-dealkylation sites (tertiary alicyclic amines) is 1. The van der Waals surface area contributed by atoms with Gasteiger partial charge in [-0.3, -0.25) is 4.90 Å². The summed E-state index contributed by atoms with van der Waals surface area (Å²) in [4.78, 5) is 7.17. The van der Waals surface area contributed by atoms with Gasteiger partial charge in [-0.2, -0.15) is 0 Å². The van der Waals surface area contributed by atoms with Crippen LogP contribution < -0.4 is 0 Å². The molecule has 1 aromatic heterocycles. The molecule has 1 atom stereocenters. The summed E-state index contributed by atoms with van der Waals surface area (Å²) in [5, 5.41) is 1.13. The first kappa shape index (κ1) is 14.6. The fourth-order valence-corrected chi connectivity index (χ4v) is 3.62. The molecule has 1 saturated heterocycles. The Bertz CT molecular complexity index is 553. The summed E-state index contributed by atoms with van der Waals surface area (Å²) in [7, 11) is 0. The molecular formula is C18H22N2S. The summed E-state index contributed by atoms with van der Waals surface area (Å²) >= 11 is 1.81. The third kappa shape index (κ3) is 3.66. The number of hydrogen-bond acceptors (Lipinski definition) is 3. The predicted molar refractivity (Wildman–Crippen MR) is 89.5 cm³/mol. The minimum atomic E-state index is 0.526. The summed E-state index contributed by atoms with van der Waals surface area (Å²) in [6, 6.07) is 15.7. The molecule has 1 aromatic carbocycles. The van der Waals surface area contributed by atoms with E-state index in [0.29, 0.717) is 6.04 Å². The molecule has 0 saturated carbocycles. The smallest absolute Gasteiger partial charge is 0.0959 e. The molecule has 0 N–H and O–H groups in total. The third-order valence-electron chi connectivity index (χ3n) is 4.03. The molecule has 1 fully saturated rings. The van der Waals surface area contributed by atoms with Gasteiger partial charge in [0.1, 0.15) is 0 Å². The minimum Gasteiger partial charge on any atom is -0.292 e. The number of pyridine rings is 1. The molecule has 1 unspecified atom stereocenters. The van der Waals surface area contributed by atoms with Gasteiger partial charge in [-0.25, -0.2) is 4.98 Å². The van der Waals surface area contributed by atoms with E-state index in [-0.39, 0.29) is 0 Å². The van der Waals surface area contributed by atoms with Crippen molar-refractivity contribution in [1.82, 2.24) is 9.88 Å². The maximum absolute atomic E-state index is 4.59. The van der Waals surface area contributed by atoms with Gasteiger partial charge >= 0.3 is 0 Å². The van der Waals surface area contributed by atoms with Gasteiger partial charge in [0.05, 0.1) is 5.03 Å². The highest BCUT2D eigenvalue weighted by Crippen LogP contribution is 2.33. The average molecular weight is 298 g/mol. The Morgan fingerprint density at radius 2 is 2.05 bits per heavy atom. The highest BCUT2D eigenvalue weighted by molar-refractivity contribution is 7.99. The van der Waals surface area contributed by atoms with Gasteiger partial charge in [0.15, 0.2) is 0 Å². The first-order valence-electron chi connectivity index (χ1n) is 7.73. The lowest BCUT2D eigenvalue weighted by molar-refractivity contribution is 0.248. The third-order valence-corrected chi connectivity index (χ3v) is 4.85. The summed E-state index contributed by atoms with van der Waals surface area (Å²) < 4.78 is 0. The van der Waals surface area contributed by atoms with Gasteiger partial charge in [0.2, 0.25) is 0 Å². The number of hydrogen-bond donors (Lipinski definition) is 0. The highest BCUT2D eigenvalue weighted by atomic mass is 32.2. The van der Waals surface area contributed by atoms with Crippen molar-refractivity contribution in [2.75, 3.05) is 12.3 Å². The normalized spacial score (nSPS) is 19.0. The molecule has 0 spiro atoms. The highest BCUT2D eigenvalue weighted by Gasteiger charge is 2.26. The summed E-state index contributed by atoms with van der Waals surface area (Å²) in [5.41, 5.74) is 2.76. The van der Waals surface area contributed by atoms with Gasteiger partial charge in [-0.1, -0.05) is 43.3 Å². The minimum absolute atomic E-state index is 0.526. The van der Waals surface area contributed by atoms with E-state index in [1.807, 2.05) is 0 Å². The second kappa shape index (κ2) is 7.10. The molecule has 3 rings (SSSR count). The molecule has 0 bridgehead atoms. The molecule has 2 heterocycles. The molecule has 21 heavy (non-hydrogen) atoms. The van der Waals surface area contributed by atoms with E-state index in [1.165, 1.54) is 30.5 Å². The van der Waals surface area contributed by atoms with Crippen LogP contribution in [0.2, 0.25) is 0 Å². The number of rotatable bonds is 5. The van der Waals surface area contributed by atoms with Crippen LogP contribution in [0.25, 0.3) is 0 Å². The molecule has 3 heteroatoms. The number of benzene rings is 1. The molecule has 2 aromatic rings. The molecular weight excluding hydrogens is 276 g/mol. The van der Waals surface area contributed by atoms with Crippen LogP contribution in [0.3, 0.4) is 0 Å². The first-order chi connectivity index (χ1) is 10.4. The van der Waals surface area contributed by atoms with Crippen molar-refractivity contribution in [2.45, 2.75) is 37.4 Å². The van der Waals surface area contributed by atoms with Crippen molar-refractivity contribution in [3.05, 3.63) is 59.8 Å². The van der Waals surface area contributed by atoms with E-state index in [0.717, 1.165) is 17.3 Å². The number of nitrogens with zero attached hydrogens (tertiary/aromatic N) is 2. The van der Waals surface area contributed by atoms with Crippen molar-refractivity contribution < 1.29 is 0 Å². The van der Waals surface area contributed by atoms with Crippen LogP contribution in [0.1, 0.15) is 36.9 Å². The largest absolute Gasteiger partial charge is 0.292 e. The van der Waals surface area contributed by atoms with Crippen LogP contribution >= 0.6 is 11.8 Å². The van der Waals surface area contributed by atoms with E-state index in [1.54, 1.807) is 11.8 Å². The monoisotopic (exact) mass is 298 g/mol. The Kier molecular flexibility index (Phi) is 4.94. The van der Waals surface area contributed by atoms with Crippen LogP contribution in [0.4, 0.5) is 0 Å². The van der Waals surface area contributed by atoms with Gasteiger partial charge in [-0.05, 0) is 42.3 Å². The van der Waals surface area contributed by atoms with Crippen LogP contribution in [0.15, 0.2) is 53.7 Å². The molecule has 0 amide bonds. The zero-order valence-corrected chi connectivity index (χ0v) is 13.4. The quantitative estimate of drug-likeness (QED) is 0.754. The van der Waals surface area contributed by atoms with Crippen LogP contribution in [-0.4, -0.2) is 22.2 Å². The van der Waals surface area contributed by atoms with Crippen molar-refractivity contribution >= 4 is 11.8 Å². The summed E-state index contributed by atoms with van der Waals surface area (Å²) in [6.07, 6.45) is 4.60.